The minimum Gasteiger partial charge on any atom is -0.459 e. The Hall–Kier alpha value is -1.66. The first kappa shape index (κ1) is 22.5. The van der Waals surface area contributed by atoms with Gasteiger partial charge in [0.2, 0.25) is 0 Å². The van der Waals surface area contributed by atoms with Gasteiger partial charge in [-0.1, -0.05) is 11.1 Å². The lowest BCUT2D eigenvalue weighted by Crippen LogP contribution is -2.60. The Kier molecular flexibility index (Phi) is 5.62. The van der Waals surface area contributed by atoms with Crippen LogP contribution in [0.25, 0.3) is 0 Å². The lowest BCUT2D eigenvalue weighted by Gasteiger charge is -2.42. The fourth-order valence-electron chi connectivity index (χ4n) is 5.30. The van der Waals surface area contributed by atoms with Crippen molar-refractivity contribution in [2.75, 3.05) is 6.61 Å². The van der Waals surface area contributed by atoms with Gasteiger partial charge in [0, 0.05) is 11.5 Å². The van der Waals surface area contributed by atoms with E-state index in [1.807, 2.05) is 0 Å². The molecule has 0 amide bonds. The number of rotatable bonds is 3. The summed E-state index contributed by atoms with van der Waals surface area (Å²) in [7, 11) is 0. The Balaban J connectivity index is 1.70. The number of aliphatic hydroxyl groups excluding tert-OH is 4. The Morgan fingerprint density at radius 2 is 1.84 bits per heavy atom. The molecule has 0 bridgehead atoms. The molecule has 0 aromatic rings. The molecule has 10 nitrogen and oxygen atoms in total. The van der Waals surface area contributed by atoms with Gasteiger partial charge in [0.05, 0.1) is 18.6 Å². The van der Waals surface area contributed by atoms with Gasteiger partial charge < -0.3 is 39.7 Å². The summed E-state index contributed by atoms with van der Waals surface area (Å²) in [5.41, 5.74) is -0.0179. The summed E-state index contributed by atoms with van der Waals surface area (Å²) in [5.74, 6) is -2.44. The van der Waals surface area contributed by atoms with Crippen molar-refractivity contribution < 1.29 is 49.3 Å². The molecule has 0 unspecified atom stereocenters. The molecule has 0 spiro atoms. The zero-order chi connectivity index (χ0) is 22.8. The summed E-state index contributed by atoms with van der Waals surface area (Å²) in [6, 6.07) is 0. The number of ether oxygens (including phenoxy) is 3. The average Bonchev–Trinajstić information content (AvgIpc) is 3.07. The zero-order valence-electron chi connectivity index (χ0n) is 17.5. The van der Waals surface area contributed by atoms with Crippen LogP contribution in [0.3, 0.4) is 0 Å². The fraction of sp³-hybridized carbons (Fsp3) is 0.714. The number of hydrogen-bond donors (Lipinski definition) is 5. The van der Waals surface area contributed by atoms with E-state index in [0.29, 0.717) is 16.7 Å². The zero-order valence-corrected chi connectivity index (χ0v) is 17.5. The number of carbonyl (C=O) groups excluding carboxylic acids is 2. The van der Waals surface area contributed by atoms with Gasteiger partial charge >= 0.3 is 5.97 Å². The van der Waals surface area contributed by atoms with Crippen LogP contribution in [0.4, 0.5) is 0 Å². The van der Waals surface area contributed by atoms with Gasteiger partial charge in [0.25, 0.3) is 0 Å². The van der Waals surface area contributed by atoms with Crippen molar-refractivity contribution in [1.82, 2.24) is 0 Å². The van der Waals surface area contributed by atoms with Gasteiger partial charge in [0.15, 0.2) is 17.7 Å². The number of fused-ring (bicyclic) bond motifs is 3. The monoisotopic (exact) mass is 440 g/mol. The standard InChI is InChI=1S/C21H28O10/c1-7-4-9(23)12-8(2)5-10(14-18(13(7)12)31-20(27)21(14,3)28)29-19-17(26)16(25)15(24)11(6-22)30-19/h4,10-11,13-19,22,24-26,28H,5-6H2,1-3H3/t10-,11-,13+,14-,15-,16+,17-,18-,19-,21-/m1/s1. The second-order valence-corrected chi connectivity index (χ2v) is 9.04. The molecule has 172 valence electrons. The minimum absolute atomic E-state index is 0.141. The third-order valence-corrected chi connectivity index (χ3v) is 6.94. The summed E-state index contributed by atoms with van der Waals surface area (Å²) < 4.78 is 17.0. The van der Waals surface area contributed by atoms with Gasteiger partial charge in [-0.05, 0) is 33.3 Å². The highest BCUT2D eigenvalue weighted by atomic mass is 16.7. The van der Waals surface area contributed by atoms with Crippen LogP contribution >= 0.6 is 0 Å². The van der Waals surface area contributed by atoms with E-state index in [4.69, 9.17) is 14.2 Å². The second-order valence-electron chi connectivity index (χ2n) is 9.04. The Bertz CT molecular complexity index is 843. The van der Waals surface area contributed by atoms with Crippen LogP contribution in [0, 0.1) is 11.8 Å². The number of hydrogen-bond acceptors (Lipinski definition) is 10. The third kappa shape index (κ3) is 3.37. The summed E-state index contributed by atoms with van der Waals surface area (Å²) in [5, 5.41) is 50.9. The molecule has 4 rings (SSSR count). The van der Waals surface area contributed by atoms with E-state index >= 15 is 0 Å². The minimum atomic E-state index is -1.93. The maximum Gasteiger partial charge on any atom is 0.338 e. The largest absolute Gasteiger partial charge is 0.459 e. The summed E-state index contributed by atoms with van der Waals surface area (Å²) in [6.07, 6.45) is -7.59. The van der Waals surface area contributed by atoms with Gasteiger partial charge in [-0.3, -0.25) is 4.79 Å². The number of allylic oxidation sites excluding steroid dienone is 1. The molecule has 0 aromatic carbocycles. The lowest BCUT2D eigenvalue weighted by molar-refractivity contribution is -0.318. The predicted octanol–water partition coefficient (Wildman–Crippen LogP) is -1.67. The SMILES string of the molecule is CC1=CC(=O)C2=C(C)C[C@@H](O[C@@H]3O[C@H](CO)[C@@H](O)[C@H](O)[C@H]3O)[C@@H]3[C@H](OC(=O)[C@]3(C)O)[C@@H]12. The van der Waals surface area contributed by atoms with Gasteiger partial charge in [-0.2, -0.15) is 0 Å². The van der Waals surface area contributed by atoms with Gasteiger partial charge in [0.1, 0.15) is 30.5 Å². The molecule has 2 heterocycles. The molecular formula is C21H28O10. The van der Waals surface area contributed by atoms with Crippen LogP contribution in [-0.2, 0) is 23.8 Å². The van der Waals surface area contributed by atoms with Crippen molar-refractivity contribution in [1.29, 1.82) is 0 Å². The maximum absolute atomic E-state index is 12.6. The first-order chi connectivity index (χ1) is 14.5. The fourth-order valence-corrected chi connectivity index (χ4v) is 5.30. The van der Waals surface area contributed by atoms with Crippen molar-refractivity contribution >= 4 is 11.8 Å². The molecule has 0 radical (unpaired) electrons. The van der Waals surface area contributed by atoms with Gasteiger partial charge in [-0.15, -0.1) is 0 Å². The molecule has 2 aliphatic heterocycles. The van der Waals surface area contributed by atoms with Crippen LogP contribution in [0.5, 0.6) is 0 Å². The van der Waals surface area contributed by atoms with Gasteiger partial charge in [-0.25, -0.2) is 4.79 Å². The molecule has 31 heavy (non-hydrogen) atoms. The van der Waals surface area contributed by atoms with E-state index in [0.717, 1.165) is 0 Å². The van der Waals surface area contributed by atoms with E-state index < -0.39 is 72.9 Å². The predicted molar refractivity (Wildman–Crippen MR) is 102 cm³/mol. The molecule has 10 atom stereocenters. The van der Waals surface area contributed by atoms with E-state index in [1.165, 1.54) is 13.0 Å². The topological polar surface area (TPSA) is 163 Å². The van der Waals surface area contributed by atoms with Crippen LogP contribution < -0.4 is 0 Å². The Labute approximate surface area is 178 Å². The highest BCUT2D eigenvalue weighted by Gasteiger charge is 2.62. The normalized spacial score (nSPS) is 47.6. The molecule has 5 N–H and O–H groups in total. The van der Waals surface area contributed by atoms with Crippen LogP contribution in [0.2, 0.25) is 0 Å². The molecular weight excluding hydrogens is 412 g/mol. The number of ketones is 1. The summed E-state index contributed by atoms with van der Waals surface area (Å²) in [4.78, 5) is 25.1. The highest BCUT2D eigenvalue weighted by molar-refractivity contribution is 6.09. The van der Waals surface area contributed by atoms with Crippen LogP contribution in [0.1, 0.15) is 27.2 Å². The van der Waals surface area contributed by atoms with Crippen LogP contribution in [0.15, 0.2) is 22.8 Å². The lowest BCUT2D eigenvalue weighted by atomic mass is 9.77. The molecule has 2 aliphatic carbocycles. The number of esters is 1. The smallest absolute Gasteiger partial charge is 0.338 e. The van der Waals surface area contributed by atoms with Crippen molar-refractivity contribution in [2.24, 2.45) is 11.8 Å². The maximum atomic E-state index is 12.6. The Morgan fingerprint density at radius 3 is 2.48 bits per heavy atom. The van der Waals surface area contributed by atoms with Crippen molar-refractivity contribution in [3.63, 3.8) is 0 Å². The second kappa shape index (κ2) is 7.73. The molecule has 4 aliphatic rings. The molecule has 0 aromatic heterocycles. The average molecular weight is 440 g/mol. The summed E-state index contributed by atoms with van der Waals surface area (Å²) >= 11 is 0. The van der Waals surface area contributed by atoms with Crippen molar-refractivity contribution in [3.05, 3.63) is 22.8 Å². The molecule has 2 fully saturated rings. The van der Waals surface area contributed by atoms with E-state index in [2.05, 4.69) is 0 Å². The van der Waals surface area contributed by atoms with Crippen molar-refractivity contribution in [3.8, 4) is 0 Å². The first-order valence-corrected chi connectivity index (χ1v) is 10.3. The molecule has 0 saturated carbocycles. The highest BCUT2D eigenvalue weighted by Crippen LogP contribution is 2.50. The van der Waals surface area contributed by atoms with E-state index in [1.54, 1.807) is 13.8 Å². The molecule has 2 saturated heterocycles. The first-order valence-electron chi connectivity index (χ1n) is 10.3. The van der Waals surface area contributed by atoms with E-state index in [-0.39, 0.29) is 12.2 Å². The summed E-state index contributed by atoms with van der Waals surface area (Å²) in [6.45, 7) is 4.22. The molecule has 10 heteroatoms. The number of carbonyl (C=O) groups is 2. The van der Waals surface area contributed by atoms with E-state index in [9.17, 15) is 35.1 Å². The Morgan fingerprint density at radius 1 is 1.16 bits per heavy atom. The quantitative estimate of drug-likeness (QED) is 0.321. The third-order valence-electron chi connectivity index (χ3n) is 6.94. The number of aliphatic hydroxyl groups is 5. The van der Waals surface area contributed by atoms with Crippen molar-refractivity contribution in [2.45, 2.75) is 75.7 Å². The van der Waals surface area contributed by atoms with Crippen LogP contribution in [-0.4, -0.2) is 92.4 Å².